The molecular formula is C12H24ClN3O. The first-order valence-electron chi connectivity index (χ1n) is 6.28. The van der Waals surface area contributed by atoms with Crippen LogP contribution in [0.1, 0.15) is 32.1 Å². The molecule has 0 spiro atoms. The van der Waals surface area contributed by atoms with Gasteiger partial charge in [-0.05, 0) is 33.4 Å². The molecule has 0 aromatic carbocycles. The molecule has 1 amide bonds. The first-order valence-corrected chi connectivity index (χ1v) is 6.28. The van der Waals surface area contributed by atoms with Gasteiger partial charge in [0, 0.05) is 19.1 Å². The van der Waals surface area contributed by atoms with Crippen molar-refractivity contribution in [3.05, 3.63) is 0 Å². The van der Waals surface area contributed by atoms with E-state index in [0.717, 1.165) is 45.2 Å². The van der Waals surface area contributed by atoms with Crippen LogP contribution in [-0.2, 0) is 4.79 Å². The zero-order valence-electron chi connectivity index (χ0n) is 10.8. The van der Waals surface area contributed by atoms with E-state index >= 15 is 0 Å². The molecule has 1 unspecified atom stereocenters. The first-order chi connectivity index (χ1) is 7.53. The molecule has 1 atom stereocenters. The third-order valence-corrected chi connectivity index (χ3v) is 4.10. The molecule has 0 aromatic heterocycles. The van der Waals surface area contributed by atoms with Crippen molar-refractivity contribution in [1.82, 2.24) is 9.80 Å². The molecule has 4 nitrogen and oxygen atoms in total. The van der Waals surface area contributed by atoms with E-state index in [-0.39, 0.29) is 18.3 Å². The van der Waals surface area contributed by atoms with Crippen molar-refractivity contribution in [3.63, 3.8) is 0 Å². The number of carbonyl (C=O) groups is 1. The van der Waals surface area contributed by atoms with E-state index in [4.69, 9.17) is 5.73 Å². The molecule has 2 fully saturated rings. The van der Waals surface area contributed by atoms with Gasteiger partial charge in [0.2, 0.25) is 5.91 Å². The molecule has 2 N–H and O–H groups in total. The fourth-order valence-electron chi connectivity index (χ4n) is 2.88. The normalized spacial score (nSPS) is 27.3. The lowest BCUT2D eigenvalue weighted by Crippen LogP contribution is -2.53. The summed E-state index contributed by atoms with van der Waals surface area (Å²) in [7, 11) is 4.15. The Hall–Kier alpha value is -0.320. The predicted octanol–water partition coefficient (Wildman–Crippen LogP) is 0.842. The van der Waals surface area contributed by atoms with Crippen molar-refractivity contribution < 1.29 is 4.79 Å². The minimum absolute atomic E-state index is 0. The van der Waals surface area contributed by atoms with Crippen LogP contribution in [0, 0.1) is 0 Å². The Kier molecular flexibility index (Phi) is 4.81. The van der Waals surface area contributed by atoms with Crippen molar-refractivity contribution >= 4 is 18.3 Å². The lowest BCUT2D eigenvalue weighted by molar-refractivity contribution is -0.135. The molecule has 0 aromatic rings. The number of nitrogens with zero attached hydrogens (tertiary/aromatic N) is 2. The number of likely N-dealkylation sites (N-methyl/N-ethyl adjacent to an activating group) is 1. The fraction of sp³-hybridized carbons (Fsp3) is 0.917. The number of hydrogen-bond acceptors (Lipinski definition) is 3. The third-order valence-electron chi connectivity index (χ3n) is 4.10. The van der Waals surface area contributed by atoms with E-state index < -0.39 is 5.54 Å². The van der Waals surface area contributed by atoms with Crippen LogP contribution >= 0.6 is 12.4 Å². The van der Waals surface area contributed by atoms with Gasteiger partial charge in [-0.25, -0.2) is 0 Å². The average molecular weight is 262 g/mol. The quantitative estimate of drug-likeness (QED) is 0.802. The Morgan fingerprint density at radius 1 is 1.35 bits per heavy atom. The highest BCUT2D eigenvalue weighted by molar-refractivity contribution is 5.86. The zero-order chi connectivity index (χ0) is 11.8. The SMILES string of the molecule is CN(C)C1CCN(C(=O)C2(N)CCCC2)C1.Cl. The smallest absolute Gasteiger partial charge is 0.242 e. The minimum Gasteiger partial charge on any atom is -0.339 e. The second-order valence-electron chi connectivity index (χ2n) is 5.52. The number of halogens is 1. The molecule has 17 heavy (non-hydrogen) atoms. The molecule has 5 heteroatoms. The lowest BCUT2D eigenvalue weighted by atomic mass is 9.97. The Morgan fingerprint density at radius 3 is 2.41 bits per heavy atom. The minimum atomic E-state index is -0.540. The number of nitrogens with two attached hydrogens (primary N) is 1. The van der Waals surface area contributed by atoms with Crippen LogP contribution in [0.25, 0.3) is 0 Å². The Labute approximate surface area is 110 Å². The Balaban J connectivity index is 0.00000144. The summed E-state index contributed by atoms with van der Waals surface area (Å²) in [6.07, 6.45) is 5.03. The van der Waals surface area contributed by atoms with Gasteiger partial charge in [0.05, 0.1) is 5.54 Å². The fourth-order valence-corrected chi connectivity index (χ4v) is 2.88. The van der Waals surface area contributed by atoms with Gasteiger partial charge in [0.1, 0.15) is 0 Å². The maximum Gasteiger partial charge on any atom is 0.242 e. The number of likely N-dealkylation sites (tertiary alicyclic amines) is 1. The van der Waals surface area contributed by atoms with Gasteiger partial charge in [-0.3, -0.25) is 4.79 Å². The summed E-state index contributed by atoms with van der Waals surface area (Å²) >= 11 is 0. The maximum absolute atomic E-state index is 12.3. The summed E-state index contributed by atoms with van der Waals surface area (Å²) in [5.74, 6) is 0.189. The molecule has 0 radical (unpaired) electrons. The van der Waals surface area contributed by atoms with E-state index in [1.54, 1.807) is 0 Å². The van der Waals surface area contributed by atoms with Crippen LogP contribution in [0.5, 0.6) is 0 Å². The first kappa shape index (κ1) is 14.7. The van der Waals surface area contributed by atoms with Crippen molar-refractivity contribution in [1.29, 1.82) is 0 Å². The number of hydrogen-bond donors (Lipinski definition) is 1. The Morgan fingerprint density at radius 2 is 1.94 bits per heavy atom. The van der Waals surface area contributed by atoms with Gasteiger partial charge >= 0.3 is 0 Å². The standard InChI is InChI=1S/C12H23N3O.ClH/c1-14(2)10-5-8-15(9-10)11(16)12(13)6-3-4-7-12;/h10H,3-9,13H2,1-2H3;1H. The molecule has 2 aliphatic rings. The second-order valence-corrected chi connectivity index (χ2v) is 5.52. The number of amides is 1. The van der Waals surface area contributed by atoms with Crippen LogP contribution in [-0.4, -0.2) is 54.5 Å². The van der Waals surface area contributed by atoms with Gasteiger partial charge in [0.15, 0.2) is 0 Å². The van der Waals surface area contributed by atoms with Crippen LogP contribution in [0.15, 0.2) is 0 Å². The zero-order valence-corrected chi connectivity index (χ0v) is 11.6. The molecule has 1 aliphatic carbocycles. The van der Waals surface area contributed by atoms with Gasteiger partial charge < -0.3 is 15.5 Å². The van der Waals surface area contributed by atoms with Gasteiger partial charge in [0.25, 0.3) is 0 Å². The lowest BCUT2D eigenvalue weighted by Gasteiger charge is -2.29. The van der Waals surface area contributed by atoms with E-state index in [0.29, 0.717) is 6.04 Å². The largest absolute Gasteiger partial charge is 0.339 e. The maximum atomic E-state index is 12.3. The van der Waals surface area contributed by atoms with Crippen molar-refractivity contribution in [3.8, 4) is 0 Å². The van der Waals surface area contributed by atoms with Crippen LogP contribution in [0.2, 0.25) is 0 Å². The van der Waals surface area contributed by atoms with Gasteiger partial charge in [-0.2, -0.15) is 0 Å². The highest BCUT2D eigenvalue weighted by Gasteiger charge is 2.41. The highest BCUT2D eigenvalue weighted by Crippen LogP contribution is 2.30. The molecule has 1 heterocycles. The summed E-state index contributed by atoms with van der Waals surface area (Å²) in [6, 6.07) is 0.508. The van der Waals surface area contributed by atoms with E-state index in [2.05, 4.69) is 19.0 Å². The van der Waals surface area contributed by atoms with Gasteiger partial charge in [-0.1, -0.05) is 12.8 Å². The topological polar surface area (TPSA) is 49.6 Å². The van der Waals surface area contributed by atoms with E-state index in [1.807, 2.05) is 4.90 Å². The van der Waals surface area contributed by atoms with Crippen molar-refractivity contribution in [2.45, 2.75) is 43.7 Å². The van der Waals surface area contributed by atoms with Crippen molar-refractivity contribution in [2.75, 3.05) is 27.2 Å². The summed E-state index contributed by atoms with van der Waals surface area (Å²) < 4.78 is 0. The number of carbonyl (C=O) groups excluding carboxylic acids is 1. The van der Waals surface area contributed by atoms with Crippen LogP contribution in [0.4, 0.5) is 0 Å². The monoisotopic (exact) mass is 261 g/mol. The molecule has 2 rings (SSSR count). The molecule has 1 aliphatic heterocycles. The van der Waals surface area contributed by atoms with Gasteiger partial charge in [-0.15, -0.1) is 12.4 Å². The third kappa shape index (κ3) is 2.92. The van der Waals surface area contributed by atoms with E-state index in [9.17, 15) is 4.79 Å². The summed E-state index contributed by atoms with van der Waals surface area (Å²) in [5.41, 5.74) is 5.66. The number of rotatable bonds is 2. The molecule has 1 saturated carbocycles. The molecular weight excluding hydrogens is 238 g/mol. The Bertz CT molecular complexity index is 277. The summed E-state index contributed by atoms with van der Waals surface area (Å²) in [5, 5.41) is 0. The summed E-state index contributed by atoms with van der Waals surface area (Å²) in [4.78, 5) is 16.5. The summed E-state index contributed by atoms with van der Waals surface area (Å²) in [6.45, 7) is 1.73. The molecule has 100 valence electrons. The second kappa shape index (κ2) is 5.55. The van der Waals surface area contributed by atoms with Crippen LogP contribution in [0.3, 0.4) is 0 Å². The molecule has 1 saturated heterocycles. The average Bonchev–Trinajstić information content (AvgIpc) is 2.85. The molecule has 0 bridgehead atoms. The van der Waals surface area contributed by atoms with Crippen molar-refractivity contribution in [2.24, 2.45) is 5.73 Å². The van der Waals surface area contributed by atoms with E-state index in [1.165, 1.54) is 0 Å². The predicted molar refractivity (Wildman–Crippen MR) is 71.3 cm³/mol. The highest BCUT2D eigenvalue weighted by atomic mass is 35.5. The van der Waals surface area contributed by atoms with Crippen LogP contribution < -0.4 is 5.73 Å².